The van der Waals surface area contributed by atoms with Gasteiger partial charge in [0.1, 0.15) is 11.6 Å². The van der Waals surface area contributed by atoms with Gasteiger partial charge in [0.15, 0.2) is 0 Å². The van der Waals surface area contributed by atoms with E-state index in [1.165, 1.54) is 0 Å². The highest BCUT2D eigenvalue weighted by molar-refractivity contribution is 5.45. The maximum absolute atomic E-state index is 4.62. The van der Waals surface area contributed by atoms with Gasteiger partial charge in [0.05, 0.1) is 11.9 Å². The molecule has 0 aliphatic heterocycles. The Morgan fingerprint density at radius 1 is 0.905 bits per heavy atom. The van der Waals surface area contributed by atoms with Crippen LogP contribution in [0.3, 0.4) is 0 Å². The number of aryl methyl sites for hydroxylation is 1. The summed E-state index contributed by atoms with van der Waals surface area (Å²) in [5.41, 5.74) is 0.951. The highest BCUT2D eigenvalue weighted by atomic mass is 15.1. The van der Waals surface area contributed by atoms with Gasteiger partial charge in [-0.15, -0.1) is 0 Å². The van der Waals surface area contributed by atoms with Gasteiger partial charge in [0.25, 0.3) is 0 Å². The number of aromatic nitrogens is 2. The molecule has 0 saturated carbocycles. The van der Waals surface area contributed by atoms with Crippen LogP contribution in [0.5, 0.6) is 0 Å². The van der Waals surface area contributed by atoms with Crippen LogP contribution in [0.1, 0.15) is 60.1 Å². The summed E-state index contributed by atoms with van der Waals surface area (Å²) >= 11 is 0. The van der Waals surface area contributed by atoms with Gasteiger partial charge in [-0.25, -0.2) is 9.97 Å². The van der Waals surface area contributed by atoms with E-state index in [4.69, 9.17) is 0 Å². The Morgan fingerprint density at radius 3 is 1.90 bits per heavy atom. The first kappa shape index (κ1) is 17.7. The fraction of sp³-hybridized carbons (Fsp3) is 0.765. The molecule has 2 N–H and O–H groups in total. The van der Waals surface area contributed by atoms with E-state index < -0.39 is 0 Å². The lowest BCUT2D eigenvalue weighted by atomic mass is 10.1. The molecule has 0 bridgehead atoms. The molecular weight excluding hydrogens is 260 g/mol. The molecule has 2 atom stereocenters. The molecule has 0 fully saturated rings. The maximum Gasteiger partial charge on any atom is 0.147 e. The highest BCUT2D eigenvalue weighted by Crippen LogP contribution is 2.17. The van der Waals surface area contributed by atoms with E-state index in [-0.39, 0.29) is 0 Å². The van der Waals surface area contributed by atoms with Gasteiger partial charge in [0, 0.05) is 12.1 Å². The van der Waals surface area contributed by atoms with Crippen molar-refractivity contribution in [2.75, 3.05) is 10.6 Å². The Morgan fingerprint density at radius 2 is 1.43 bits per heavy atom. The molecule has 4 nitrogen and oxygen atoms in total. The fourth-order valence-corrected chi connectivity index (χ4v) is 2.71. The molecule has 0 spiro atoms. The molecule has 120 valence electrons. The summed E-state index contributed by atoms with van der Waals surface area (Å²) in [6.45, 7) is 15.3. The van der Waals surface area contributed by atoms with E-state index in [1.54, 1.807) is 0 Å². The topological polar surface area (TPSA) is 49.8 Å². The standard InChI is InChI=1S/C17H32N4/c1-11(2)8-13(5)19-16-10-18-17(15(7)21-16)20-14(6)9-12(3)4/h10-14H,8-9H2,1-7H3,(H,18,20)(H,19,21). The third kappa shape index (κ3) is 6.78. The molecule has 1 aromatic heterocycles. The summed E-state index contributed by atoms with van der Waals surface area (Å²) in [5.74, 6) is 3.12. The van der Waals surface area contributed by atoms with Crippen molar-refractivity contribution in [3.8, 4) is 0 Å². The second-order valence-corrected chi connectivity index (χ2v) is 7.04. The molecule has 0 aliphatic carbocycles. The zero-order valence-electron chi connectivity index (χ0n) is 14.7. The average Bonchev–Trinajstić information content (AvgIpc) is 2.30. The predicted molar refractivity (Wildman–Crippen MR) is 91.8 cm³/mol. The van der Waals surface area contributed by atoms with Crippen LogP contribution in [0.2, 0.25) is 0 Å². The zero-order chi connectivity index (χ0) is 16.0. The van der Waals surface area contributed by atoms with Gasteiger partial charge in [-0.05, 0) is 45.4 Å². The lowest BCUT2D eigenvalue weighted by Gasteiger charge is -2.19. The Labute approximate surface area is 130 Å². The van der Waals surface area contributed by atoms with Gasteiger partial charge >= 0.3 is 0 Å². The summed E-state index contributed by atoms with van der Waals surface area (Å²) in [6.07, 6.45) is 4.09. The highest BCUT2D eigenvalue weighted by Gasteiger charge is 2.10. The molecule has 0 saturated heterocycles. The van der Waals surface area contributed by atoms with Gasteiger partial charge in [-0.2, -0.15) is 0 Å². The third-order valence-corrected chi connectivity index (χ3v) is 3.37. The molecule has 21 heavy (non-hydrogen) atoms. The van der Waals surface area contributed by atoms with Crippen molar-refractivity contribution in [1.82, 2.24) is 9.97 Å². The third-order valence-electron chi connectivity index (χ3n) is 3.37. The van der Waals surface area contributed by atoms with Gasteiger partial charge in [-0.1, -0.05) is 27.7 Å². The Bertz CT molecular complexity index is 429. The van der Waals surface area contributed by atoms with Crippen molar-refractivity contribution in [2.24, 2.45) is 11.8 Å². The molecule has 4 heteroatoms. The minimum atomic E-state index is 0.414. The molecule has 0 amide bonds. The van der Waals surface area contributed by atoms with E-state index in [0.29, 0.717) is 23.9 Å². The van der Waals surface area contributed by atoms with Crippen LogP contribution in [0.25, 0.3) is 0 Å². The summed E-state index contributed by atoms with van der Waals surface area (Å²) in [6, 6.07) is 0.828. The molecule has 2 unspecified atom stereocenters. The summed E-state index contributed by atoms with van der Waals surface area (Å²) in [7, 11) is 0. The second kappa shape index (κ2) is 8.20. The molecule has 0 radical (unpaired) electrons. The monoisotopic (exact) mass is 292 g/mol. The fourth-order valence-electron chi connectivity index (χ4n) is 2.71. The average molecular weight is 292 g/mol. The van der Waals surface area contributed by atoms with Crippen LogP contribution in [0, 0.1) is 18.8 Å². The van der Waals surface area contributed by atoms with Crippen molar-refractivity contribution in [3.63, 3.8) is 0 Å². The summed E-state index contributed by atoms with van der Waals surface area (Å²) in [4.78, 5) is 9.14. The lowest BCUT2D eigenvalue weighted by Crippen LogP contribution is -2.21. The molecule has 1 heterocycles. The van der Waals surface area contributed by atoms with Crippen LogP contribution >= 0.6 is 0 Å². The Balaban J connectivity index is 2.63. The predicted octanol–water partition coefficient (Wildman–Crippen LogP) is 4.48. The first-order chi connectivity index (χ1) is 9.77. The van der Waals surface area contributed by atoms with E-state index >= 15 is 0 Å². The number of hydrogen-bond donors (Lipinski definition) is 2. The first-order valence-corrected chi connectivity index (χ1v) is 8.14. The van der Waals surface area contributed by atoms with Crippen LogP contribution < -0.4 is 10.6 Å². The smallest absolute Gasteiger partial charge is 0.147 e. The molecule has 0 aromatic carbocycles. The number of nitrogens with one attached hydrogen (secondary N) is 2. The van der Waals surface area contributed by atoms with Gasteiger partial charge in [-0.3, -0.25) is 0 Å². The van der Waals surface area contributed by atoms with E-state index in [1.807, 2.05) is 13.1 Å². The van der Waals surface area contributed by atoms with Crippen molar-refractivity contribution in [3.05, 3.63) is 11.9 Å². The zero-order valence-corrected chi connectivity index (χ0v) is 14.7. The Hall–Kier alpha value is -1.32. The van der Waals surface area contributed by atoms with Crippen LogP contribution in [0.15, 0.2) is 6.20 Å². The number of rotatable bonds is 8. The maximum atomic E-state index is 4.62. The number of anilines is 2. The Kier molecular flexibility index (Phi) is 6.93. The quantitative estimate of drug-likeness (QED) is 0.742. The van der Waals surface area contributed by atoms with Crippen LogP contribution in [-0.2, 0) is 0 Å². The van der Waals surface area contributed by atoms with E-state index in [2.05, 4.69) is 62.1 Å². The SMILES string of the molecule is Cc1nc(NC(C)CC(C)C)cnc1NC(C)CC(C)C. The normalized spacial score (nSPS) is 14.3. The van der Waals surface area contributed by atoms with Crippen LogP contribution in [-0.4, -0.2) is 22.1 Å². The minimum absolute atomic E-state index is 0.414. The van der Waals surface area contributed by atoms with Crippen molar-refractivity contribution >= 4 is 11.6 Å². The molecular formula is C17H32N4. The number of nitrogens with zero attached hydrogens (tertiary/aromatic N) is 2. The molecule has 1 rings (SSSR count). The largest absolute Gasteiger partial charge is 0.366 e. The number of hydrogen-bond acceptors (Lipinski definition) is 4. The second-order valence-electron chi connectivity index (χ2n) is 7.04. The van der Waals surface area contributed by atoms with Gasteiger partial charge < -0.3 is 10.6 Å². The van der Waals surface area contributed by atoms with E-state index in [9.17, 15) is 0 Å². The molecule has 0 aliphatic rings. The van der Waals surface area contributed by atoms with Crippen molar-refractivity contribution < 1.29 is 0 Å². The first-order valence-electron chi connectivity index (χ1n) is 8.14. The van der Waals surface area contributed by atoms with Crippen molar-refractivity contribution in [1.29, 1.82) is 0 Å². The molecule has 1 aromatic rings. The van der Waals surface area contributed by atoms with Crippen molar-refractivity contribution in [2.45, 2.75) is 73.4 Å². The van der Waals surface area contributed by atoms with E-state index in [0.717, 1.165) is 30.2 Å². The summed E-state index contributed by atoms with van der Waals surface area (Å²) in [5, 5.41) is 6.88. The minimum Gasteiger partial charge on any atom is -0.366 e. The van der Waals surface area contributed by atoms with Crippen LogP contribution in [0.4, 0.5) is 11.6 Å². The summed E-state index contributed by atoms with van der Waals surface area (Å²) < 4.78 is 0. The van der Waals surface area contributed by atoms with Gasteiger partial charge in [0.2, 0.25) is 0 Å². The lowest BCUT2D eigenvalue weighted by molar-refractivity contribution is 0.537.